The summed E-state index contributed by atoms with van der Waals surface area (Å²) in [4.78, 5) is 11.2. The lowest BCUT2D eigenvalue weighted by Crippen LogP contribution is -2.54. The van der Waals surface area contributed by atoms with Crippen molar-refractivity contribution in [3.8, 4) is 0 Å². The summed E-state index contributed by atoms with van der Waals surface area (Å²) in [5, 5.41) is 6.94. The van der Waals surface area contributed by atoms with Gasteiger partial charge in [-0.3, -0.25) is 9.48 Å². The molecule has 3 N–H and O–H groups in total. The second-order valence-electron chi connectivity index (χ2n) is 3.30. The average molecular weight is 261 g/mol. The maximum absolute atomic E-state index is 11.2. The molecule has 1 unspecified atom stereocenters. The zero-order valence-corrected chi connectivity index (χ0v) is 9.71. The van der Waals surface area contributed by atoms with Crippen molar-refractivity contribution in [3.63, 3.8) is 0 Å². The Balaban J connectivity index is 2.80. The smallest absolute Gasteiger partial charge is 0.239 e. The second kappa shape index (κ2) is 4.10. The van der Waals surface area contributed by atoms with Crippen LogP contribution in [-0.4, -0.2) is 28.3 Å². The summed E-state index contributed by atoms with van der Waals surface area (Å²) < 4.78 is 2.53. The number of likely N-dealkylation sites (N-methyl/N-ethyl adjacent to an activating group) is 1. The molecule has 0 radical (unpaired) electrons. The van der Waals surface area contributed by atoms with Crippen LogP contribution < -0.4 is 11.1 Å². The fraction of sp³-hybridized carbons (Fsp3) is 0.500. The fourth-order valence-corrected chi connectivity index (χ4v) is 1.36. The molecule has 5 nitrogen and oxygen atoms in total. The average Bonchev–Trinajstić information content (AvgIpc) is 2.50. The standard InChI is InChI=1S/C8H13BrN4O/c1-8(11-2,7(10)14)5-13-4-6(9)3-12-13/h3-4,11H,5H2,1-2H3,(H2,10,14). The van der Waals surface area contributed by atoms with Crippen LogP contribution in [0.1, 0.15) is 6.92 Å². The van der Waals surface area contributed by atoms with Crippen molar-refractivity contribution in [3.05, 3.63) is 16.9 Å². The predicted molar refractivity (Wildman–Crippen MR) is 56.6 cm³/mol. The first kappa shape index (κ1) is 11.2. The molecule has 0 aliphatic rings. The number of rotatable bonds is 4. The van der Waals surface area contributed by atoms with Crippen molar-refractivity contribution in [1.29, 1.82) is 0 Å². The van der Waals surface area contributed by atoms with E-state index in [0.29, 0.717) is 6.54 Å². The molecule has 78 valence electrons. The number of hydrogen-bond donors (Lipinski definition) is 2. The van der Waals surface area contributed by atoms with Crippen LogP contribution in [0.4, 0.5) is 0 Å². The molecule has 0 saturated heterocycles. The Labute approximate surface area is 90.8 Å². The zero-order valence-electron chi connectivity index (χ0n) is 8.12. The van der Waals surface area contributed by atoms with Gasteiger partial charge in [-0.05, 0) is 29.9 Å². The van der Waals surface area contributed by atoms with Crippen molar-refractivity contribution in [1.82, 2.24) is 15.1 Å². The number of carbonyl (C=O) groups is 1. The van der Waals surface area contributed by atoms with Crippen LogP contribution in [0.5, 0.6) is 0 Å². The molecule has 1 aromatic heterocycles. The third-order valence-corrected chi connectivity index (χ3v) is 2.59. The first-order valence-corrected chi connectivity index (χ1v) is 4.94. The number of carbonyl (C=O) groups excluding carboxylic acids is 1. The van der Waals surface area contributed by atoms with Gasteiger partial charge in [-0.2, -0.15) is 5.10 Å². The Bertz CT molecular complexity index is 338. The summed E-state index contributed by atoms with van der Waals surface area (Å²) in [6, 6.07) is 0. The third-order valence-electron chi connectivity index (χ3n) is 2.18. The number of primary amides is 1. The van der Waals surface area contributed by atoms with Crippen LogP contribution in [0.25, 0.3) is 0 Å². The van der Waals surface area contributed by atoms with E-state index in [9.17, 15) is 4.79 Å². The normalized spacial score (nSPS) is 15.1. The molecule has 1 aromatic rings. The highest BCUT2D eigenvalue weighted by molar-refractivity contribution is 9.10. The summed E-state index contributed by atoms with van der Waals surface area (Å²) in [6.45, 7) is 2.15. The third kappa shape index (κ3) is 2.33. The number of amides is 1. The number of nitrogens with two attached hydrogens (primary N) is 1. The molecule has 0 saturated carbocycles. The summed E-state index contributed by atoms with van der Waals surface area (Å²) in [7, 11) is 1.70. The molecule has 0 bridgehead atoms. The van der Waals surface area contributed by atoms with Gasteiger partial charge in [-0.1, -0.05) is 0 Å². The highest BCUT2D eigenvalue weighted by Crippen LogP contribution is 2.10. The van der Waals surface area contributed by atoms with E-state index >= 15 is 0 Å². The van der Waals surface area contributed by atoms with E-state index in [-0.39, 0.29) is 0 Å². The molecule has 1 atom stereocenters. The molecule has 6 heteroatoms. The van der Waals surface area contributed by atoms with Gasteiger partial charge >= 0.3 is 0 Å². The molecule has 1 rings (SSSR count). The van der Waals surface area contributed by atoms with Gasteiger partial charge in [-0.25, -0.2) is 0 Å². The van der Waals surface area contributed by atoms with Crippen LogP contribution in [0.2, 0.25) is 0 Å². The summed E-state index contributed by atoms with van der Waals surface area (Å²) >= 11 is 3.28. The Morgan fingerprint density at radius 2 is 2.50 bits per heavy atom. The molecule has 1 amide bonds. The van der Waals surface area contributed by atoms with E-state index in [1.165, 1.54) is 0 Å². The van der Waals surface area contributed by atoms with Crippen LogP contribution in [0, 0.1) is 0 Å². The lowest BCUT2D eigenvalue weighted by atomic mass is 10.0. The molecule has 0 aromatic carbocycles. The number of aromatic nitrogens is 2. The Hall–Kier alpha value is -0.880. The lowest BCUT2D eigenvalue weighted by Gasteiger charge is -2.24. The maximum Gasteiger partial charge on any atom is 0.239 e. The van der Waals surface area contributed by atoms with Gasteiger partial charge in [0.15, 0.2) is 0 Å². The van der Waals surface area contributed by atoms with Crippen molar-refractivity contribution >= 4 is 21.8 Å². The van der Waals surface area contributed by atoms with E-state index in [0.717, 1.165) is 4.47 Å². The van der Waals surface area contributed by atoms with E-state index in [2.05, 4.69) is 26.3 Å². The number of nitrogens with zero attached hydrogens (tertiary/aromatic N) is 2. The van der Waals surface area contributed by atoms with Crippen molar-refractivity contribution in [2.24, 2.45) is 5.73 Å². The molecule has 14 heavy (non-hydrogen) atoms. The maximum atomic E-state index is 11.2. The van der Waals surface area contributed by atoms with Gasteiger partial charge in [0.25, 0.3) is 0 Å². The zero-order chi connectivity index (χ0) is 10.8. The van der Waals surface area contributed by atoms with Crippen molar-refractivity contribution in [2.45, 2.75) is 19.0 Å². The largest absolute Gasteiger partial charge is 0.368 e. The predicted octanol–water partition coefficient (Wildman–Crippen LogP) is 0.109. The van der Waals surface area contributed by atoms with Crippen LogP contribution in [0.15, 0.2) is 16.9 Å². The molecule has 0 fully saturated rings. The van der Waals surface area contributed by atoms with Gasteiger partial charge < -0.3 is 11.1 Å². The topological polar surface area (TPSA) is 72.9 Å². The van der Waals surface area contributed by atoms with Gasteiger partial charge in [0, 0.05) is 6.20 Å². The van der Waals surface area contributed by atoms with Gasteiger partial charge in [0.05, 0.1) is 17.2 Å². The lowest BCUT2D eigenvalue weighted by molar-refractivity contribution is -0.124. The summed E-state index contributed by atoms with van der Waals surface area (Å²) in [5.74, 6) is -0.397. The van der Waals surface area contributed by atoms with Gasteiger partial charge in [0.1, 0.15) is 5.54 Å². The molecule has 0 aliphatic heterocycles. The van der Waals surface area contributed by atoms with Crippen molar-refractivity contribution in [2.75, 3.05) is 7.05 Å². The minimum atomic E-state index is -0.772. The van der Waals surface area contributed by atoms with E-state index in [1.54, 1.807) is 31.0 Å². The van der Waals surface area contributed by atoms with E-state index < -0.39 is 11.4 Å². The summed E-state index contributed by atoms with van der Waals surface area (Å²) in [6.07, 6.45) is 3.45. The molecule has 0 spiro atoms. The molecular formula is C8H13BrN4O. The summed E-state index contributed by atoms with van der Waals surface area (Å²) in [5.41, 5.74) is 4.51. The fourth-order valence-electron chi connectivity index (χ4n) is 1.03. The number of hydrogen-bond acceptors (Lipinski definition) is 3. The molecule has 1 heterocycles. The molecular weight excluding hydrogens is 248 g/mol. The van der Waals surface area contributed by atoms with Crippen LogP contribution >= 0.6 is 15.9 Å². The first-order valence-electron chi connectivity index (χ1n) is 4.15. The second-order valence-corrected chi connectivity index (χ2v) is 4.22. The highest BCUT2D eigenvalue weighted by atomic mass is 79.9. The quantitative estimate of drug-likeness (QED) is 0.807. The van der Waals surface area contributed by atoms with E-state index in [1.807, 2.05) is 0 Å². The minimum absolute atomic E-state index is 0.397. The Morgan fingerprint density at radius 1 is 1.86 bits per heavy atom. The van der Waals surface area contributed by atoms with Crippen molar-refractivity contribution < 1.29 is 4.79 Å². The Kier molecular flexibility index (Phi) is 3.28. The SMILES string of the molecule is CNC(C)(Cn1cc(Br)cn1)C(N)=O. The van der Waals surface area contributed by atoms with Gasteiger partial charge in [-0.15, -0.1) is 0 Å². The number of halogens is 1. The van der Waals surface area contributed by atoms with E-state index in [4.69, 9.17) is 5.73 Å². The first-order chi connectivity index (χ1) is 6.48. The van der Waals surface area contributed by atoms with Crippen LogP contribution in [-0.2, 0) is 11.3 Å². The Morgan fingerprint density at radius 3 is 2.86 bits per heavy atom. The van der Waals surface area contributed by atoms with Gasteiger partial charge in [0.2, 0.25) is 5.91 Å². The highest BCUT2D eigenvalue weighted by Gasteiger charge is 2.29. The van der Waals surface area contributed by atoms with Crippen LogP contribution in [0.3, 0.4) is 0 Å². The minimum Gasteiger partial charge on any atom is -0.368 e. The monoisotopic (exact) mass is 260 g/mol. The number of nitrogens with one attached hydrogen (secondary N) is 1. The molecule has 0 aliphatic carbocycles.